The number of carbonyl (C=O) groups excluding carboxylic acids is 1. The summed E-state index contributed by atoms with van der Waals surface area (Å²) in [7, 11) is 0. The Bertz CT molecular complexity index is 1000. The Labute approximate surface area is 170 Å². The molecule has 5 nitrogen and oxygen atoms in total. The lowest BCUT2D eigenvalue weighted by Crippen LogP contribution is -2.13. The van der Waals surface area contributed by atoms with E-state index in [0.717, 1.165) is 34.6 Å². The minimum Gasteiger partial charge on any atom is -0.309 e. The van der Waals surface area contributed by atoms with Crippen LogP contribution in [0.15, 0.2) is 30.3 Å². The van der Waals surface area contributed by atoms with Crippen molar-refractivity contribution in [3.8, 4) is 11.1 Å². The van der Waals surface area contributed by atoms with E-state index < -0.39 is 0 Å². The molecule has 0 radical (unpaired) electrons. The zero-order valence-corrected chi connectivity index (χ0v) is 17.1. The molecule has 0 saturated heterocycles. The van der Waals surface area contributed by atoms with Crippen LogP contribution in [0.4, 0.5) is 5.82 Å². The van der Waals surface area contributed by atoms with Gasteiger partial charge in [0.1, 0.15) is 0 Å². The number of halogens is 1. The third kappa shape index (κ3) is 3.90. The van der Waals surface area contributed by atoms with E-state index >= 15 is 0 Å². The second-order valence-electron chi connectivity index (χ2n) is 7.74. The molecule has 1 saturated carbocycles. The summed E-state index contributed by atoms with van der Waals surface area (Å²) in [5, 5.41) is 8.37. The standard InChI is InChI=1S/C22H25ClN4O/c1-14-13-15(2)27-22(24-14)20(17-8-10-18(23)11-9-17)21(26-27)25-19(28)12-7-16-5-3-4-6-16/h8-11,13,16H,3-7,12H2,1-2H3,(H,25,26,28). The zero-order valence-electron chi connectivity index (χ0n) is 16.3. The summed E-state index contributed by atoms with van der Waals surface area (Å²) in [5.41, 5.74) is 4.40. The van der Waals surface area contributed by atoms with Crippen LogP contribution in [-0.4, -0.2) is 20.5 Å². The van der Waals surface area contributed by atoms with Crippen molar-refractivity contribution in [1.82, 2.24) is 14.6 Å². The van der Waals surface area contributed by atoms with Crippen LogP contribution in [0.2, 0.25) is 5.02 Å². The Balaban J connectivity index is 1.68. The molecule has 6 heteroatoms. The lowest BCUT2D eigenvalue weighted by atomic mass is 10.0. The summed E-state index contributed by atoms with van der Waals surface area (Å²) in [4.78, 5) is 17.3. The van der Waals surface area contributed by atoms with Gasteiger partial charge in [-0.15, -0.1) is 5.10 Å². The number of nitrogens with zero attached hydrogens (tertiary/aromatic N) is 3. The molecule has 0 bridgehead atoms. The van der Waals surface area contributed by atoms with Gasteiger partial charge < -0.3 is 5.32 Å². The minimum atomic E-state index is 0.0138. The molecule has 146 valence electrons. The van der Waals surface area contributed by atoms with E-state index in [4.69, 9.17) is 11.6 Å². The molecule has 2 aromatic heterocycles. The summed E-state index contributed by atoms with van der Waals surface area (Å²) < 4.78 is 1.80. The highest BCUT2D eigenvalue weighted by molar-refractivity contribution is 6.30. The van der Waals surface area contributed by atoms with Crippen molar-refractivity contribution in [2.24, 2.45) is 5.92 Å². The van der Waals surface area contributed by atoms with Gasteiger partial charge in [-0.2, -0.15) is 0 Å². The highest BCUT2D eigenvalue weighted by Gasteiger charge is 2.21. The van der Waals surface area contributed by atoms with Crippen LogP contribution in [-0.2, 0) is 4.79 Å². The number of carbonyl (C=O) groups is 1. The molecule has 1 aromatic carbocycles. The molecule has 2 heterocycles. The monoisotopic (exact) mass is 396 g/mol. The van der Waals surface area contributed by atoms with Crippen LogP contribution >= 0.6 is 11.6 Å². The summed E-state index contributed by atoms with van der Waals surface area (Å²) in [6.07, 6.45) is 6.57. The van der Waals surface area contributed by atoms with Crippen molar-refractivity contribution in [1.29, 1.82) is 0 Å². The first-order valence-electron chi connectivity index (χ1n) is 9.94. The SMILES string of the molecule is Cc1cc(C)n2nc(NC(=O)CCC3CCCC3)c(-c3ccc(Cl)cc3)c2n1. The summed E-state index contributed by atoms with van der Waals surface area (Å²) in [6, 6.07) is 9.54. The number of anilines is 1. The number of aryl methyl sites for hydroxylation is 2. The Morgan fingerprint density at radius 2 is 1.93 bits per heavy atom. The lowest BCUT2D eigenvalue weighted by molar-refractivity contribution is -0.116. The highest BCUT2D eigenvalue weighted by Crippen LogP contribution is 2.33. The Morgan fingerprint density at radius 1 is 1.21 bits per heavy atom. The van der Waals surface area contributed by atoms with Gasteiger partial charge in [0, 0.05) is 22.8 Å². The van der Waals surface area contributed by atoms with Crippen LogP contribution < -0.4 is 5.32 Å². The van der Waals surface area contributed by atoms with Gasteiger partial charge in [-0.25, -0.2) is 9.50 Å². The first kappa shape index (κ1) is 18.9. The van der Waals surface area contributed by atoms with E-state index in [1.807, 2.05) is 44.2 Å². The lowest BCUT2D eigenvalue weighted by Gasteiger charge is -2.09. The molecule has 3 aromatic rings. The predicted molar refractivity (Wildman–Crippen MR) is 113 cm³/mol. The Hall–Kier alpha value is -2.40. The first-order valence-corrected chi connectivity index (χ1v) is 10.3. The molecule has 0 aliphatic heterocycles. The number of rotatable bonds is 5. The molecule has 1 fully saturated rings. The molecule has 0 spiro atoms. The Kier molecular flexibility index (Phi) is 5.36. The normalized spacial score (nSPS) is 14.7. The Morgan fingerprint density at radius 3 is 2.64 bits per heavy atom. The summed E-state index contributed by atoms with van der Waals surface area (Å²) in [6.45, 7) is 3.96. The van der Waals surface area contributed by atoms with Crippen molar-refractivity contribution < 1.29 is 4.79 Å². The first-order chi connectivity index (χ1) is 13.5. The second kappa shape index (κ2) is 7.92. The average molecular weight is 397 g/mol. The third-order valence-electron chi connectivity index (χ3n) is 5.54. The molecular weight excluding hydrogens is 372 g/mol. The van der Waals surface area contributed by atoms with E-state index in [1.165, 1.54) is 25.7 Å². The quantitative estimate of drug-likeness (QED) is 0.612. The predicted octanol–water partition coefficient (Wildman–Crippen LogP) is 5.58. The van der Waals surface area contributed by atoms with Gasteiger partial charge in [-0.05, 0) is 49.9 Å². The largest absolute Gasteiger partial charge is 0.309 e. The topological polar surface area (TPSA) is 59.3 Å². The van der Waals surface area contributed by atoms with Crippen LogP contribution in [0, 0.1) is 19.8 Å². The average Bonchev–Trinajstić information content (AvgIpc) is 3.29. The highest BCUT2D eigenvalue weighted by atomic mass is 35.5. The molecule has 1 aliphatic carbocycles. The molecule has 0 atom stereocenters. The molecule has 28 heavy (non-hydrogen) atoms. The van der Waals surface area contributed by atoms with Gasteiger partial charge in [0.2, 0.25) is 5.91 Å². The number of benzene rings is 1. The van der Waals surface area contributed by atoms with Crippen molar-refractivity contribution in [2.75, 3.05) is 5.32 Å². The fourth-order valence-electron chi connectivity index (χ4n) is 4.12. The molecule has 0 unspecified atom stereocenters. The summed E-state index contributed by atoms with van der Waals surface area (Å²) >= 11 is 6.06. The van der Waals surface area contributed by atoms with E-state index in [2.05, 4.69) is 15.4 Å². The van der Waals surface area contributed by atoms with Gasteiger partial charge >= 0.3 is 0 Å². The zero-order chi connectivity index (χ0) is 19.7. The minimum absolute atomic E-state index is 0.0138. The molecular formula is C22H25ClN4O. The second-order valence-corrected chi connectivity index (χ2v) is 8.18. The number of fused-ring (bicyclic) bond motifs is 1. The molecule has 4 rings (SSSR count). The smallest absolute Gasteiger partial charge is 0.225 e. The molecule has 1 aliphatic rings. The summed E-state index contributed by atoms with van der Waals surface area (Å²) in [5.74, 6) is 1.26. The van der Waals surface area contributed by atoms with Crippen LogP contribution in [0.3, 0.4) is 0 Å². The maximum atomic E-state index is 12.6. The van der Waals surface area contributed by atoms with Gasteiger partial charge in [-0.1, -0.05) is 49.4 Å². The van der Waals surface area contributed by atoms with Crippen LogP contribution in [0.1, 0.15) is 49.9 Å². The van der Waals surface area contributed by atoms with E-state index in [-0.39, 0.29) is 5.91 Å². The van der Waals surface area contributed by atoms with E-state index in [0.29, 0.717) is 23.2 Å². The maximum absolute atomic E-state index is 12.6. The fourth-order valence-corrected chi connectivity index (χ4v) is 4.25. The number of nitrogens with one attached hydrogen (secondary N) is 1. The number of hydrogen-bond acceptors (Lipinski definition) is 3. The maximum Gasteiger partial charge on any atom is 0.225 e. The van der Waals surface area contributed by atoms with Crippen molar-refractivity contribution in [3.63, 3.8) is 0 Å². The number of amides is 1. The van der Waals surface area contributed by atoms with Crippen molar-refractivity contribution in [2.45, 2.75) is 52.4 Å². The molecule has 1 amide bonds. The third-order valence-corrected chi connectivity index (χ3v) is 5.79. The van der Waals surface area contributed by atoms with Crippen molar-refractivity contribution in [3.05, 3.63) is 46.7 Å². The van der Waals surface area contributed by atoms with E-state index in [9.17, 15) is 4.79 Å². The van der Waals surface area contributed by atoms with Gasteiger partial charge in [0.15, 0.2) is 11.5 Å². The van der Waals surface area contributed by atoms with Crippen molar-refractivity contribution >= 4 is 29.0 Å². The van der Waals surface area contributed by atoms with Gasteiger partial charge in [0.25, 0.3) is 0 Å². The van der Waals surface area contributed by atoms with Gasteiger partial charge in [-0.3, -0.25) is 4.79 Å². The van der Waals surface area contributed by atoms with E-state index in [1.54, 1.807) is 4.52 Å². The fraction of sp³-hybridized carbons (Fsp3) is 0.409. The van der Waals surface area contributed by atoms with Gasteiger partial charge in [0.05, 0.1) is 5.56 Å². The molecule has 1 N–H and O–H groups in total. The van der Waals surface area contributed by atoms with Crippen LogP contribution in [0.25, 0.3) is 16.8 Å². The number of aromatic nitrogens is 3. The number of hydrogen-bond donors (Lipinski definition) is 1. The van der Waals surface area contributed by atoms with Crippen LogP contribution in [0.5, 0.6) is 0 Å².